The third-order valence-electron chi connectivity index (χ3n) is 3.36. The van der Waals surface area contributed by atoms with Gasteiger partial charge in [-0.2, -0.15) is 0 Å². The standard InChI is InChI=1S/C19H21NO4/c1-3-5-14-8-9-17(18(11-14)23-2)24-13-19(22)20-16-7-4-6-15(10-16)12-21/h3-4,6-11,21H,1,5,12-13H2,2H3,(H,20,22). The second-order valence-corrected chi connectivity index (χ2v) is 5.17. The number of allylic oxidation sites excluding steroid dienone is 1. The molecule has 0 saturated carbocycles. The lowest BCUT2D eigenvalue weighted by molar-refractivity contribution is -0.118. The van der Waals surface area contributed by atoms with E-state index in [0.29, 0.717) is 17.2 Å². The van der Waals surface area contributed by atoms with Crippen molar-refractivity contribution < 1.29 is 19.4 Å². The molecule has 0 saturated heterocycles. The van der Waals surface area contributed by atoms with Gasteiger partial charge in [-0.05, 0) is 41.8 Å². The number of aliphatic hydroxyl groups is 1. The molecule has 1 amide bonds. The maximum atomic E-state index is 12.0. The number of benzene rings is 2. The molecular weight excluding hydrogens is 306 g/mol. The summed E-state index contributed by atoms with van der Waals surface area (Å²) in [6.45, 7) is 3.49. The zero-order chi connectivity index (χ0) is 17.4. The van der Waals surface area contributed by atoms with Crippen LogP contribution in [-0.4, -0.2) is 24.7 Å². The molecule has 126 valence electrons. The van der Waals surface area contributed by atoms with Gasteiger partial charge in [-0.3, -0.25) is 4.79 Å². The van der Waals surface area contributed by atoms with E-state index in [9.17, 15) is 4.79 Å². The summed E-state index contributed by atoms with van der Waals surface area (Å²) in [5.74, 6) is 0.788. The Morgan fingerprint density at radius 2 is 2.04 bits per heavy atom. The number of amides is 1. The lowest BCUT2D eigenvalue weighted by Crippen LogP contribution is -2.20. The zero-order valence-corrected chi connectivity index (χ0v) is 13.6. The Hall–Kier alpha value is -2.79. The van der Waals surface area contributed by atoms with Crippen LogP contribution in [0.3, 0.4) is 0 Å². The van der Waals surface area contributed by atoms with Crippen LogP contribution >= 0.6 is 0 Å². The van der Waals surface area contributed by atoms with Crippen LogP contribution in [0.4, 0.5) is 5.69 Å². The van der Waals surface area contributed by atoms with Gasteiger partial charge >= 0.3 is 0 Å². The van der Waals surface area contributed by atoms with Gasteiger partial charge in [-0.15, -0.1) is 6.58 Å². The zero-order valence-electron chi connectivity index (χ0n) is 13.6. The average Bonchev–Trinajstić information content (AvgIpc) is 2.61. The second-order valence-electron chi connectivity index (χ2n) is 5.17. The quantitative estimate of drug-likeness (QED) is 0.732. The number of methoxy groups -OCH3 is 1. The van der Waals surface area contributed by atoms with Crippen molar-refractivity contribution in [1.29, 1.82) is 0 Å². The van der Waals surface area contributed by atoms with Crippen LogP contribution in [0, 0.1) is 0 Å². The van der Waals surface area contributed by atoms with Crippen LogP contribution in [0.1, 0.15) is 11.1 Å². The predicted molar refractivity (Wildman–Crippen MR) is 93.4 cm³/mol. The number of nitrogens with one attached hydrogen (secondary N) is 1. The van der Waals surface area contributed by atoms with Gasteiger partial charge in [0.05, 0.1) is 13.7 Å². The normalized spacial score (nSPS) is 10.1. The molecule has 0 heterocycles. The van der Waals surface area contributed by atoms with Gasteiger partial charge < -0.3 is 19.9 Å². The molecule has 2 rings (SSSR count). The second kappa shape index (κ2) is 8.74. The molecule has 5 nitrogen and oxygen atoms in total. The Morgan fingerprint density at radius 3 is 2.75 bits per heavy atom. The van der Waals surface area contributed by atoms with Gasteiger partial charge in [-0.1, -0.05) is 24.3 Å². The van der Waals surface area contributed by atoms with E-state index in [1.165, 1.54) is 0 Å². The first-order valence-electron chi connectivity index (χ1n) is 7.56. The minimum Gasteiger partial charge on any atom is -0.493 e. The largest absolute Gasteiger partial charge is 0.493 e. The molecule has 0 aliphatic carbocycles. The lowest BCUT2D eigenvalue weighted by Gasteiger charge is -2.12. The average molecular weight is 327 g/mol. The molecule has 5 heteroatoms. The van der Waals surface area contributed by atoms with Gasteiger partial charge in [0, 0.05) is 5.69 Å². The van der Waals surface area contributed by atoms with Crippen molar-refractivity contribution in [2.24, 2.45) is 0 Å². The number of aliphatic hydroxyl groups excluding tert-OH is 1. The fourth-order valence-electron chi connectivity index (χ4n) is 2.21. The van der Waals surface area contributed by atoms with E-state index in [-0.39, 0.29) is 19.1 Å². The van der Waals surface area contributed by atoms with E-state index < -0.39 is 0 Å². The van der Waals surface area contributed by atoms with Gasteiger partial charge in [0.2, 0.25) is 0 Å². The maximum absolute atomic E-state index is 12.0. The van der Waals surface area contributed by atoms with Crippen LogP contribution in [0.15, 0.2) is 55.1 Å². The molecule has 2 N–H and O–H groups in total. The predicted octanol–water partition coefficient (Wildman–Crippen LogP) is 2.93. The minimum atomic E-state index is -0.290. The van der Waals surface area contributed by atoms with E-state index in [2.05, 4.69) is 11.9 Å². The van der Waals surface area contributed by atoms with Gasteiger partial charge in [0.25, 0.3) is 5.91 Å². The maximum Gasteiger partial charge on any atom is 0.262 e. The highest BCUT2D eigenvalue weighted by Crippen LogP contribution is 2.28. The number of carbonyl (C=O) groups is 1. The number of rotatable bonds is 8. The molecule has 0 aliphatic rings. The Bertz CT molecular complexity index is 712. The smallest absolute Gasteiger partial charge is 0.262 e. The van der Waals surface area contributed by atoms with Crippen molar-refractivity contribution in [2.45, 2.75) is 13.0 Å². The third-order valence-corrected chi connectivity index (χ3v) is 3.36. The van der Waals surface area contributed by atoms with Crippen LogP contribution in [0.25, 0.3) is 0 Å². The van der Waals surface area contributed by atoms with Gasteiger partial charge in [-0.25, -0.2) is 0 Å². The summed E-state index contributed by atoms with van der Waals surface area (Å²) < 4.78 is 10.8. The molecule has 0 aliphatic heterocycles. The van der Waals surface area contributed by atoms with Crippen LogP contribution < -0.4 is 14.8 Å². The van der Waals surface area contributed by atoms with Crippen LogP contribution in [0.2, 0.25) is 0 Å². The Kier molecular flexibility index (Phi) is 6.40. The number of ether oxygens (including phenoxy) is 2. The molecule has 0 unspecified atom stereocenters. The summed E-state index contributed by atoms with van der Waals surface area (Å²) in [6.07, 6.45) is 2.54. The van der Waals surface area contributed by atoms with E-state index in [1.807, 2.05) is 18.2 Å². The van der Waals surface area contributed by atoms with Gasteiger partial charge in [0.1, 0.15) is 0 Å². The van der Waals surface area contributed by atoms with Crippen molar-refractivity contribution in [1.82, 2.24) is 0 Å². The highest BCUT2D eigenvalue weighted by atomic mass is 16.5. The van der Waals surface area contributed by atoms with E-state index >= 15 is 0 Å². The summed E-state index contributed by atoms with van der Waals surface area (Å²) in [5.41, 5.74) is 2.40. The SMILES string of the molecule is C=CCc1ccc(OCC(=O)Nc2cccc(CO)c2)c(OC)c1. The molecule has 0 atom stereocenters. The minimum absolute atomic E-state index is 0.0749. The van der Waals surface area contributed by atoms with Crippen molar-refractivity contribution in [3.05, 3.63) is 66.2 Å². The number of hydrogen-bond acceptors (Lipinski definition) is 4. The monoisotopic (exact) mass is 327 g/mol. The first-order chi connectivity index (χ1) is 11.7. The van der Waals surface area contributed by atoms with Crippen LogP contribution in [-0.2, 0) is 17.8 Å². The Labute approximate surface area is 141 Å². The summed E-state index contributed by atoms with van der Waals surface area (Å²) >= 11 is 0. The summed E-state index contributed by atoms with van der Waals surface area (Å²) in [7, 11) is 1.56. The highest BCUT2D eigenvalue weighted by molar-refractivity contribution is 5.91. The first-order valence-corrected chi connectivity index (χ1v) is 7.56. The molecule has 0 bridgehead atoms. The highest BCUT2D eigenvalue weighted by Gasteiger charge is 2.09. The fraction of sp³-hybridized carbons (Fsp3) is 0.211. The van der Waals surface area contributed by atoms with Crippen molar-refractivity contribution in [3.8, 4) is 11.5 Å². The van der Waals surface area contributed by atoms with Crippen molar-refractivity contribution >= 4 is 11.6 Å². The molecule has 0 fully saturated rings. The number of hydrogen-bond donors (Lipinski definition) is 2. The Morgan fingerprint density at radius 1 is 1.21 bits per heavy atom. The van der Waals surface area contributed by atoms with E-state index in [1.54, 1.807) is 37.4 Å². The molecule has 2 aromatic carbocycles. The van der Waals surface area contributed by atoms with Gasteiger partial charge in [0.15, 0.2) is 18.1 Å². The van der Waals surface area contributed by atoms with E-state index in [0.717, 1.165) is 17.5 Å². The topological polar surface area (TPSA) is 67.8 Å². The van der Waals surface area contributed by atoms with E-state index in [4.69, 9.17) is 14.6 Å². The first kappa shape index (κ1) is 17.6. The summed E-state index contributed by atoms with van der Waals surface area (Å²) in [6, 6.07) is 12.6. The summed E-state index contributed by atoms with van der Waals surface area (Å²) in [5, 5.41) is 11.8. The molecule has 0 spiro atoms. The Balaban J connectivity index is 1.96. The molecule has 0 radical (unpaired) electrons. The molecular formula is C19H21NO4. The summed E-state index contributed by atoms with van der Waals surface area (Å²) in [4.78, 5) is 12.0. The van der Waals surface area contributed by atoms with Crippen molar-refractivity contribution in [3.63, 3.8) is 0 Å². The van der Waals surface area contributed by atoms with Crippen LogP contribution in [0.5, 0.6) is 11.5 Å². The third kappa shape index (κ3) is 4.86. The molecule has 0 aromatic heterocycles. The molecule has 2 aromatic rings. The van der Waals surface area contributed by atoms with Crippen molar-refractivity contribution in [2.75, 3.05) is 19.0 Å². The number of anilines is 1. The molecule has 24 heavy (non-hydrogen) atoms. The fourth-order valence-corrected chi connectivity index (χ4v) is 2.21. The lowest BCUT2D eigenvalue weighted by atomic mass is 10.1. The number of carbonyl (C=O) groups excluding carboxylic acids is 1.